The average molecular weight is 440 g/mol. The zero-order valence-electron chi connectivity index (χ0n) is 17.0. The number of aromatic nitrogens is 1. The Morgan fingerprint density at radius 1 is 1.23 bits per heavy atom. The van der Waals surface area contributed by atoms with Crippen molar-refractivity contribution in [3.05, 3.63) is 76.2 Å². The quantitative estimate of drug-likeness (QED) is 0.581. The average Bonchev–Trinajstić information content (AvgIpc) is 3.35. The van der Waals surface area contributed by atoms with Gasteiger partial charge in [-0.1, -0.05) is 18.2 Å². The van der Waals surface area contributed by atoms with Crippen LogP contribution in [0.2, 0.25) is 0 Å². The third kappa shape index (κ3) is 4.74. The normalized spacial score (nSPS) is 13.4. The summed E-state index contributed by atoms with van der Waals surface area (Å²) >= 11 is 1.42. The predicted octanol–water partition coefficient (Wildman–Crippen LogP) is 4.11. The lowest BCUT2D eigenvalue weighted by Crippen LogP contribution is -2.31. The molecule has 0 fully saturated rings. The van der Waals surface area contributed by atoms with Gasteiger partial charge in [-0.2, -0.15) is 0 Å². The maximum atomic E-state index is 13.8. The Hall–Kier alpha value is -3.26. The van der Waals surface area contributed by atoms with Crippen LogP contribution in [0.1, 0.15) is 39.7 Å². The summed E-state index contributed by atoms with van der Waals surface area (Å²) in [6, 6.07) is 9.63. The molecule has 0 bridgehead atoms. The third-order valence-corrected chi connectivity index (χ3v) is 6.28. The monoisotopic (exact) mass is 439 g/mol. The van der Waals surface area contributed by atoms with Crippen LogP contribution in [0.3, 0.4) is 0 Å². The maximum absolute atomic E-state index is 13.8. The summed E-state index contributed by atoms with van der Waals surface area (Å²) in [5.41, 5.74) is 2.39. The van der Waals surface area contributed by atoms with Gasteiger partial charge in [-0.3, -0.25) is 14.6 Å². The predicted molar refractivity (Wildman–Crippen MR) is 117 cm³/mol. The molecule has 8 heteroatoms. The molecule has 6 nitrogen and oxygen atoms in total. The highest BCUT2D eigenvalue weighted by molar-refractivity contribution is 7.17. The number of hydrogen-bond donors (Lipinski definition) is 2. The van der Waals surface area contributed by atoms with Crippen molar-refractivity contribution in [3.8, 4) is 5.75 Å². The van der Waals surface area contributed by atoms with Crippen molar-refractivity contribution in [1.82, 2.24) is 10.3 Å². The zero-order valence-corrected chi connectivity index (χ0v) is 17.8. The molecule has 31 heavy (non-hydrogen) atoms. The molecule has 0 saturated heterocycles. The molecular weight excluding hydrogens is 417 g/mol. The van der Waals surface area contributed by atoms with Crippen LogP contribution >= 0.6 is 11.3 Å². The summed E-state index contributed by atoms with van der Waals surface area (Å²) < 4.78 is 19.3. The first-order valence-corrected chi connectivity index (χ1v) is 10.9. The molecule has 0 radical (unpaired) electrons. The SMILES string of the molecule is C[C@@H](Oc1ccccc1F)C(=O)Nc1sc2c(c1C(=O)NCc1cccnc1)CCC2. The summed E-state index contributed by atoms with van der Waals surface area (Å²) in [7, 11) is 0. The highest BCUT2D eigenvalue weighted by Gasteiger charge is 2.28. The minimum atomic E-state index is -0.930. The van der Waals surface area contributed by atoms with Crippen LogP contribution in [-0.2, 0) is 24.2 Å². The smallest absolute Gasteiger partial charge is 0.265 e. The van der Waals surface area contributed by atoms with Gasteiger partial charge >= 0.3 is 0 Å². The Bertz CT molecular complexity index is 1100. The number of para-hydroxylation sites is 1. The first-order valence-electron chi connectivity index (χ1n) is 10.1. The van der Waals surface area contributed by atoms with Crippen molar-refractivity contribution in [2.75, 3.05) is 5.32 Å². The zero-order chi connectivity index (χ0) is 21.8. The highest BCUT2D eigenvalue weighted by Crippen LogP contribution is 2.39. The summed E-state index contributed by atoms with van der Waals surface area (Å²) in [6.07, 6.45) is 5.13. The lowest BCUT2D eigenvalue weighted by molar-refractivity contribution is -0.122. The van der Waals surface area contributed by atoms with Crippen LogP contribution in [0.5, 0.6) is 5.75 Å². The largest absolute Gasteiger partial charge is 0.478 e. The van der Waals surface area contributed by atoms with Crippen molar-refractivity contribution in [2.45, 2.75) is 38.8 Å². The maximum Gasteiger partial charge on any atom is 0.265 e. The molecule has 2 amide bonds. The molecule has 0 aliphatic heterocycles. The van der Waals surface area contributed by atoms with Gasteiger partial charge in [0.1, 0.15) is 5.00 Å². The molecule has 0 saturated carbocycles. The second-order valence-electron chi connectivity index (χ2n) is 7.29. The fraction of sp³-hybridized carbons (Fsp3) is 0.261. The number of nitrogens with one attached hydrogen (secondary N) is 2. The van der Waals surface area contributed by atoms with E-state index >= 15 is 0 Å². The fourth-order valence-corrected chi connectivity index (χ4v) is 4.79. The van der Waals surface area contributed by atoms with E-state index in [0.717, 1.165) is 35.3 Å². The Kier molecular flexibility index (Phi) is 6.27. The number of benzene rings is 1. The lowest BCUT2D eigenvalue weighted by atomic mass is 10.1. The van der Waals surface area contributed by atoms with Gasteiger partial charge in [-0.15, -0.1) is 11.3 Å². The number of thiophene rings is 1. The van der Waals surface area contributed by atoms with E-state index in [1.807, 2.05) is 12.1 Å². The Labute approximate surface area is 183 Å². The second-order valence-corrected chi connectivity index (χ2v) is 8.39. The van der Waals surface area contributed by atoms with Gasteiger partial charge in [-0.25, -0.2) is 4.39 Å². The summed E-state index contributed by atoms with van der Waals surface area (Å²) in [4.78, 5) is 30.9. The number of halogens is 1. The summed E-state index contributed by atoms with van der Waals surface area (Å²) in [6.45, 7) is 1.89. The van der Waals surface area contributed by atoms with Crippen LogP contribution in [0.15, 0.2) is 48.8 Å². The highest BCUT2D eigenvalue weighted by atomic mass is 32.1. The minimum Gasteiger partial charge on any atom is -0.478 e. The molecule has 2 N–H and O–H groups in total. The number of carbonyl (C=O) groups excluding carboxylic acids is 2. The van der Waals surface area contributed by atoms with E-state index in [4.69, 9.17) is 4.74 Å². The molecule has 1 aliphatic rings. The van der Waals surface area contributed by atoms with Crippen LogP contribution in [0.4, 0.5) is 9.39 Å². The van der Waals surface area contributed by atoms with E-state index in [0.29, 0.717) is 17.1 Å². The summed E-state index contributed by atoms with van der Waals surface area (Å²) in [5.74, 6) is -1.20. The number of hydrogen-bond acceptors (Lipinski definition) is 5. The summed E-state index contributed by atoms with van der Waals surface area (Å²) in [5, 5.41) is 6.24. The van der Waals surface area contributed by atoms with Gasteiger partial charge in [0.25, 0.3) is 11.8 Å². The minimum absolute atomic E-state index is 0.00765. The van der Waals surface area contributed by atoms with E-state index in [1.54, 1.807) is 31.5 Å². The van der Waals surface area contributed by atoms with Gasteiger partial charge in [0, 0.05) is 23.8 Å². The van der Waals surface area contributed by atoms with Crippen molar-refractivity contribution < 1.29 is 18.7 Å². The molecule has 160 valence electrons. The Balaban J connectivity index is 1.48. The molecule has 3 aromatic rings. The van der Waals surface area contributed by atoms with E-state index in [1.165, 1.54) is 23.5 Å². The molecule has 2 aromatic heterocycles. The Morgan fingerprint density at radius 3 is 2.84 bits per heavy atom. The molecular formula is C23H22FN3O3S. The van der Waals surface area contributed by atoms with E-state index < -0.39 is 17.8 Å². The van der Waals surface area contributed by atoms with Gasteiger partial charge in [-0.05, 0) is 55.5 Å². The number of rotatable bonds is 7. The first kappa shape index (κ1) is 21.0. The number of pyridine rings is 1. The number of carbonyl (C=O) groups is 2. The number of aryl methyl sites for hydroxylation is 1. The van der Waals surface area contributed by atoms with Crippen LogP contribution in [0.25, 0.3) is 0 Å². The van der Waals surface area contributed by atoms with E-state index in [-0.39, 0.29) is 11.7 Å². The number of nitrogens with zero attached hydrogens (tertiary/aromatic N) is 1. The van der Waals surface area contributed by atoms with Gasteiger partial charge < -0.3 is 15.4 Å². The Morgan fingerprint density at radius 2 is 2.06 bits per heavy atom. The fourth-order valence-electron chi connectivity index (χ4n) is 3.50. The van der Waals surface area contributed by atoms with E-state index in [9.17, 15) is 14.0 Å². The number of anilines is 1. The molecule has 0 spiro atoms. The lowest BCUT2D eigenvalue weighted by Gasteiger charge is -2.15. The number of ether oxygens (including phenoxy) is 1. The van der Waals surface area contributed by atoms with Gasteiger partial charge in [0.05, 0.1) is 5.56 Å². The van der Waals surface area contributed by atoms with E-state index in [2.05, 4.69) is 15.6 Å². The first-order chi connectivity index (χ1) is 15.0. The van der Waals surface area contributed by atoms with Crippen molar-refractivity contribution in [2.24, 2.45) is 0 Å². The second kappa shape index (κ2) is 9.26. The third-order valence-electron chi connectivity index (χ3n) is 5.07. The number of fused-ring (bicyclic) bond motifs is 1. The topological polar surface area (TPSA) is 80.3 Å². The van der Waals surface area contributed by atoms with Crippen LogP contribution in [0, 0.1) is 5.82 Å². The molecule has 2 heterocycles. The van der Waals surface area contributed by atoms with Crippen LogP contribution < -0.4 is 15.4 Å². The van der Waals surface area contributed by atoms with Gasteiger partial charge in [0.15, 0.2) is 17.7 Å². The van der Waals surface area contributed by atoms with Crippen molar-refractivity contribution in [1.29, 1.82) is 0 Å². The number of amides is 2. The molecule has 4 rings (SSSR count). The van der Waals surface area contributed by atoms with Crippen molar-refractivity contribution in [3.63, 3.8) is 0 Å². The van der Waals surface area contributed by atoms with Crippen molar-refractivity contribution >= 4 is 28.2 Å². The standard InChI is InChI=1S/C23H22FN3O3S/c1-14(30-18-9-3-2-8-17(18)24)21(28)27-23-20(16-7-4-10-19(16)31-23)22(29)26-13-15-6-5-11-25-12-15/h2-3,5-6,8-9,11-12,14H,4,7,10,13H2,1H3,(H,26,29)(H,27,28)/t14-/m1/s1. The van der Waals surface area contributed by atoms with Gasteiger partial charge in [0.2, 0.25) is 0 Å². The molecule has 0 unspecified atom stereocenters. The molecule has 1 atom stereocenters. The van der Waals surface area contributed by atoms with Crippen LogP contribution in [-0.4, -0.2) is 22.9 Å². The molecule has 1 aromatic carbocycles. The molecule has 1 aliphatic carbocycles.